The number of hydrogen-bond donors (Lipinski definition) is 1. The molecule has 4 heteroatoms. The summed E-state index contributed by atoms with van der Waals surface area (Å²) >= 11 is 8.45. The molecule has 100 valence electrons. The van der Waals surface area contributed by atoms with Crippen LogP contribution in [-0.4, -0.2) is 7.11 Å². The van der Waals surface area contributed by atoms with Gasteiger partial charge in [0.1, 0.15) is 5.75 Å². The van der Waals surface area contributed by atoms with Crippen LogP contribution in [0.1, 0.15) is 11.1 Å². The summed E-state index contributed by atoms with van der Waals surface area (Å²) in [6.45, 7) is 2.76. The maximum absolute atomic E-state index is 6.20. The molecule has 2 nitrogen and oxygen atoms in total. The first-order valence-corrected chi connectivity index (χ1v) is 7.38. The summed E-state index contributed by atoms with van der Waals surface area (Å²) in [5.41, 5.74) is 3.27. The second kappa shape index (κ2) is 6.48. The van der Waals surface area contributed by atoms with Crippen LogP contribution >= 0.6 is 34.2 Å². The molecule has 0 saturated heterocycles. The Morgan fingerprint density at radius 1 is 1.21 bits per heavy atom. The van der Waals surface area contributed by atoms with Crippen LogP contribution in [0.15, 0.2) is 36.4 Å². The molecule has 0 unspecified atom stereocenters. The van der Waals surface area contributed by atoms with Crippen molar-refractivity contribution in [2.75, 3.05) is 12.4 Å². The summed E-state index contributed by atoms with van der Waals surface area (Å²) in [6.07, 6.45) is 0. The molecule has 0 bridgehead atoms. The molecule has 0 fully saturated rings. The van der Waals surface area contributed by atoms with Crippen LogP contribution in [0.5, 0.6) is 5.75 Å². The maximum Gasteiger partial charge on any atom is 0.123 e. The second-order valence-electron chi connectivity index (χ2n) is 4.29. The van der Waals surface area contributed by atoms with E-state index in [1.165, 1.54) is 5.56 Å². The van der Waals surface area contributed by atoms with Crippen molar-refractivity contribution in [3.05, 3.63) is 56.1 Å². The van der Waals surface area contributed by atoms with Crippen LogP contribution in [0.4, 0.5) is 5.69 Å². The highest BCUT2D eigenvalue weighted by molar-refractivity contribution is 14.1. The van der Waals surface area contributed by atoms with Crippen molar-refractivity contribution in [2.24, 2.45) is 0 Å². The van der Waals surface area contributed by atoms with Crippen molar-refractivity contribution in [1.82, 2.24) is 0 Å². The number of rotatable bonds is 4. The van der Waals surface area contributed by atoms with Crippen LogP contribution in [-0.2, 0) is 6.54 Å². The summed E-state index contributed by atoms with van der Waals surface area (Å²) in [5.74, 6) is 0.889. The van der Waals surface area contributed by atoms with E-state index in [4.69, 9.17) is 16.3 Å². The summed E-state index contributed by atoms with van der Waals surface area (Å²) in [6, 6.07) is 12.1. The predicted molar refractivity (Wildman–Crippen MR) is 89.2 cm³/mol. The fourth-order valence-electron chi connectivity index (χ4n) is 1.87. The number of hydrogen-bond acceptors (Lipinski definition) is 2. The zero-order chi connectivity index (χ0) is 13.8. The van der Waals surface area contributed by atoms with Crippen molar-refractivity contribution >= 4 is 39.9 Å². The maximum atomic E-state index is 6.20. The van der Waals surface area contributed by atoms with Gasteiger partial charge in [0, 0.05) is 15.7 Å². The Hall–Kier alpha value is -0.940. The Morgan fingerprint density at radius 3 is 2.68 bits per heavy atom. The van der Waals surface area contributed by atoms with Crippen molar-refractivity contribution in [3.8, 4) is 5.75 Å². The molecule has 0 aliphatic carbocycles. The van der Waals surface area contributed by atoms with Crippen molar-refractivity contribution < 1.29 is 4.74 Å². The van der Waals surface area contributed by atoms with Gasteiger partial charge in [-0.1, -0.05) is 29.3 Å². The number of anilines is 1. The van der Waals surface area contributed by atoms with Crippen LogP contribution in [0, 0.1) is 10.5 Å². The van der Waals surface area contributed by atoms with E-state index in [2.05, 4.69) is 40.9 Å². The van der Waals surface area contributed by atoms with Crippen molar-refractivity contribution in [2.45, 2.75) is 13.5 Å². The Labute approximate surface area is 132 Å². The third kappa shape index (κ3) is 3.76. The predicted octanol–water partition coefficient (Wildman–Crippen LogP) is 4.87. The fraction of sp³-hybridized carbons (Fsp3) is 0.200. The zero-order valence-corrected chi connectivity index (χ0v) is 13.7. The SMILES string of the molecule is COc1ccc(C)cc1CNc1ccc(I)cc1Cl. The molecule has 2 rings (SSSR count). The number of aryl methyl sites for hydroxylation is 1. The van der Waals surface area contributed by atoms with Gasteiger partial charge in [-0.15, -0.1) is 0 Å². The van der Waals surface area contributed by atoms with Gasteiger partial charge in [0.2, 0.25) is 0 Å². The van der Waals surface area contributed by atoms with Gasteiger partial charge in [-0.25, -0.2) is 0 Å². The first-order chi connectivity index (χ1) is 9.10. The number of halogens is 2. The first-order valence-electron chi connectivity index (χ1n) is 5.92. The number of ether oxygens (including phenoxy) is 1. The summed E-state index contributed by atoms with van der Waals surface area (Å²) < 4.78 is 6.49. The molecule has 0 radical (unpaired) electrons. The Bertz CT molecular complexity index is 586. The lowest BCUT2D eigenvalue weighted by Crippen LogP contribution is -2.02. The monoisotopic (exact) mass is 387 g/mol. The lowest BCUT2D eigenvalue weighted by Gasteiger charge is -2.12. The molecule has 0 atom stereocenters. The lowest BCUT2D eigenvalue weighted by atomic mass is 10.1. The van der Waals surface area contributed by atoms with E-state index in [0.29, 0.717) is 6.54 Å². The molecule has 0 heterocycles. The number of nitrogens with one attached hydrogen (secondary N) is 1. The molecule has 0 aromatic heterocycles. The lowest BCUT2D eigenvalue weighted by molar-refractivity contribution is 0.410. The van der Waals surface area contributed by atoms with E-state index in [9.17, 15) is 0 Å². The minimum atomic E-state index is 0.686. The van der Waals surface area contributed by atoms with Gasteiger partial charge in [-0.05, 0) is 53.8 Å². The first kappa shape index (κ1) is 14.5. The molecular formula is C15H15ClINO. The Kier molecular flexibility index (Phi) is 4.93. The Morgan fingerprint density at radius 2 is 2.00 bits per heavy atom. The Balaban J connectivity index is 2.16. The van der Waals surface area contributed by atoms with E-state index in [-0.39, 0.29) is 0 Å². The summed E-state index contributed by atoms with van der Waals surface area (Å²) in [5, 5.41) is 4.08. The van der Waals surface area contributed by atoms with Crippen LogP contribution in [0.25, 0.3) is 0 Å². The highest BCUT2D eigenvalue weighted by Crippen LogP contribution is 2.26. The smallest absolute Gasteiger partial charge is 0.123 e. The molecule has 0 saturated carbocycles. The average Bonchev–Trinajstić information content (AvgIpc) is 2.38. The highest BCUT2D eigenvalue weighted by Gasteiger charge is 2.05. The van der Waals surface area contributed by atoms with Gasteiger partial charge in [0.05, 0.1) is 17.8 Å². The molecule has 1 N–H and O–H groups in total. The van der Waals surface area contributed by atoms with Crippen molar-refractivity contribution in [3.63, 3.8) is 0 Å². The third-order valence-corrected chi connectivity index (χ3v) is 3.82. The van der Waals surface area contributed by atoms with Crippen LogP contribution in [0.3, 0.4) is 0 Å². The van der Waals surface area contributed by atoms with E-state index < -0.39 is 0 Å². The topological polar surface area (TPSA) is 21.3 Å². The quantitative estimate of drug-likeness (QED) is 0.756. The minimum Gasteiger partial charge on any atom is -0.496 e. The highest BCUT2D eigenvalue weighted by atomic mass is 127. The molecule has 19 heavy (non-hydrogen) atoms. The average molecular weight is 388 g/mol. The largest absolute Gasteiger partial charge is 0.496 e. The number of benzene rings is 2. The molecule has 2 aromatic carbocycles. The van der Waals surface area contributed by atoms with E-state index in [0.717, 1.165) is 25.6 Å². The van der Waals surface area contributed by atoms with Gasteiger partial charge in [-0.2, -0.15) is 0 Å². The van der Waals surface area contributed by atoms with Gasteiger partial charge in [0.15, 0.2) is 0 Å². The van der Waals surface area contributed by atoms with Gasteiger partial charge in [-0.3, -0.25) is 0 Å². The molecule has 0 aliphatic heterocycles. The molecule has 0 spiro atoms. The third-order valence-electron chi connectivity index (χ3n) is 2.84. The van der Waals surface area contributed by atoms with Gasteiger partial charge in [0.25, 0.3) is 0 Å². The normalized spacial score (nSPS) is 10.3. The van der Waals surface area contributed by atoms with Crippen molar-refractivity contribution in [1.29, 1.82) is 0 Å². The molecule has 2 aromatic rings. The minimum absolute atomic E-state index is 0.686. The van der Waals surface area contributed by atoms with E-state index >= 15 is 0 Å². The fourth-order valence-corrected chi connectivity index (χ4v) is 2.79. The molecule has 0 amide bonds. The van der Waals surface area contributed by atoms with E-state index in [1.54, 1.807) is 7.11 Å². The number of methoxy groups -OCH3 is 1. The summed E-state index contributed by atoms with van der Waals surface area (Å²) in [7, 11) is 1.69. The molecule has 0 aliphatic rings. The standard InChI is InChI=1S/C15H15ClINO/c1-10-3-6-15(19-2)11(7-10)9-18-14-5-4-12(17)8-13(14)16/h3-8,18H,9H2,1-2H3. The molecular weight excluding hydrogens is 373 g/mol. The second-order valence-corrected chi connectivity index (χ2v) is 5.95. The van der Waals surface area contributed by atoms with Gasteiger partial charge >= 0.3 is 0 Å². The van der Waals surface area contributed by atoms with Crippen LogP contribution in [0.2, 0.25) is 5.02 Å². The van der Waals surface area contributed by atoms with Crippen LogP contribution < -0.4 is 10.1 Å². The summed E-state index contributed by atoms with van der Waals surface area (Å²) in [4.78, 5) is 0. The zero-order valence-electron chi connectivity index (χ0n) is 10.8. The van der Waals surface area contributed by atoms with E-state index in [1.807, 2.05) is 30.3 Å². The van der Waals surface area contributed by atoms with Gasteiger partial charge < -0.3 is 10.1 Å².